The molecule has 2 N–H and O–H groups in total. The van der Waals surface area contributed by atoms with E-state index in [9.17, 15) is 5.11 Å². The number of ether oxygens (including phenoxy) is 1. The Kier molecular flexibility index (Phi) is 5.56. The van der Waals surface area contributed by atoms with Gasteiger partial charge in [0.25, 0.3) is 0 Å². The number of benzene rings is 1. The van der Waals surface area contributed by atoms with Gasteiger partial charge in [-0.1, -0.05) is 39.8 Å². The van der Waals surface area contributed by atoms with E-state index in [4.69, 9.17) is 9.94 Å². The molecule has 0 aliphatic carbocycles. The van der Waals surface area contributed by atoms with Crippen LogP contribution in [-0.4, -0.2) is 37.4 Å². The number of oxime groups is 1. The fourth-order valence-electron chi connectivity index (χ4n) is 2.22. The number of hydrogen-bond donors (Lipinski definition) is 2. The third-order valence-electron chi connectivity index (χ3n) is 3.81. The molecule has 1 heterocycles. The number of aliphatic hydroxyl groups is 1. The second kappa shape index (κ2) is 7.44. The minimum absolute atomic E-state index is 0.00433. The molecule has 2 rings (SSSR count). The number of aliphatic hydroxyl groups excluding tert-OH is 1. The highest BCUT2D eigenvalue weighted by Crippen LogP contribution is 2.30. The van der Waals surface area contributed by atoms with Crippen LogP contribution in [0.5, 0.6) is 5.75 Å². The van der Waals surface area contributed by atoms with Crippen molar-refractivity contribution in [1.82, 2.24) is 14.8 Å². The van der Waals surface area contributed by atoms with Gasteiger partial charge in [-0.15, -0.1) is 5.16 Å². The predicted molar refractivity (Wildman–Crippen MR) is 90.3 cm³/mol. The van der Waals surface area contributed by atoms with Crippen LogP contribution >= 0.6 is 0 Å². The first-order valence-electron chi connectivity index (χ1n) is 7.79. The smallest absolute Gasteiger partial charge is 0.219 e. The van der Waals surface area contributed by atoms with Crippen molar-refractivity contribution in [3.05, 3.63) is 42.5 Å². The first-order valence-corrected chi connectivity index (χ1v) is 7.79. The molecule has 0 aliphatic heterocycles. The van der Waals surface area contributed by atoms with Gasteiger partial charge in [-0.3, -0.25) is 0 Å². The van der Waals surface area contributed by atoms with Gasteiger partial charge in [0.2, 0.25) is 6.23 Å². The molecule has 3 unspecified atom stereocenters. The van der Waals surface area contributed by atoms with E-state index in [1.54, 1.807) is 0 Å². The number of hydrogen-bond acceptors (Lipinski definition) is 6. The molecule has 0 bridgehead atoms. The average Bonchev–Trinajstić information content (AvgIpc) is 3.06. The van der Waals surface area contributed by atoms with Crippen LogP contribution < -0.4 is 4.74 Å². The van der Waals surface area contributed by atoms with E-state index in [0.29, 0.717) is 5.75 Å². The molecule has 2 aromatic rings. The van der Waals surface area contributed by atoms with Gasteiger partial charge in [0.15, 0.2) is 0 Å². The van der Waals surface area contributed by atoms with Crippen LogP contribution in [-0.2, 0) is 0 Å². The van der Waals surface area contributed by atoms with Crippen LogP contribution in [0.2, 0.25) is 0 Å². The minimum atomic E-state index is -0.778. The van der Waals surface area contributed by atoms with E-state index in [1.807, 2.05) is 52.0 Å². The zero-order valence-corrected chi connectivity index (χ0v) is 14.4. The van der Waals surface area contributed by atoms with Crippen LogP contribution in [0.3, 0.4) is 0 Å². The summed E-state index contributed by atoms with van der Waals surface area (Å²) in [5.74, 6) is 0.603. The summed E-state index contributed by atoms with van der Waals surface area (Å²) in [5, 5.41) is 26.4. The zero-order valence-electron chi connectivity index (χ0n) is 14.4. The van der Waals surface area contributed by atoms with Crippen molar-refractivity contribution in [1.29, 1.82) is 0 Å². The first kappa shape index (κ1) is 17.9. The molecule has 0 saturated carbocycles. The largest absolute Gasteiger partial charge is 0.466 e. The van der Waals surface area contributed by atoms with Crippen molar-refractivity contribution in [2.24, 2.45) is 10.6 Å². The van der Waals surface area contributed by atoms with Crippen molar-refractivity contribution >= 4 is 6.21 Å². The van der Waals surface area contributed by atoms with Crippen molar-refractivity contribution in [3.63, 3.8) is 0 Å². The number of nitrogens with zero attached hydrogens (tertiary/aromatic N) is 4. The SMILES string of the molecule is CC(/C=N\O)c1ccc(OC(C(O)C(C)(C)C)n2cncn2)cc1. The van der Waals surface area contributed by atoms with Gasteiger partial charge in [-0.25, -0.2) is 9.67 Å². The summed E-state index contributed by atoms with van der Waals surface area (Å²) in [5.41, 5.74) is 0.608. The summed E-state index contributed by atoms with van der Waals surface area (Å²) >= 11 is 0. The highest BCUT2D eigenvalue weighted by Gasteiger charge is 2.34. The van der Waals surface area contributed by atoms with Crippen molar-refractivity contribution in [2.45, 2.75) is 45.9 Å². The van der Waals surface area contributed by atoms with Crippen LogP contribution in [0.15, 0.2) is 42.1 Å². The molecule has 0 amide bonds. The standard InChI is InChI=1S/C17H24N4O3/c1-12(9-20-23)13-5-7-14(8-6-13)24-16(15(22)17(2,3)4)21-11-18-10-19-21/h5-12,15-16,22-23H,1-4H3/b20-9-. The van der Waals surface area contributed by atoms with Crippen LogP contribution in [0, 0.1) is 5.41 Å². The quantitative estimate of drug-likeness (QED) is 0.482. The molecule has 0 saturated heterocycles. The topological polar surface area (TPSA) is 92.8 Å². The molecule has 0 spiro atoms. The fraction of sp³-hybridized carbons (Fsp3) is 0.471. The van der Waals surface area contributed by atoms with Gasteiger partial charge < -0.3 is 15.1 Å². The van der Waals surface area contributed by atoms with E-state index in [2.05, 4.69) is 15.2 Å². The molecule has 1 aromatic heterocycles. The molecular formula is C17H24N4O3. The van der Waals surface area contributed by atoms with E-state index < -0.39 is 12.3 Å². The van der Waals surface area contributed by atoms with Gasteiger partial charge in [0.05, 0.1) is 6.21 Å². The summed E-state index contributed by atoms with van der Waals surface area (Å²) in [6, 6.07) is 7.42. The lowest BCUT2D eigenvalue weighted by atomic mass is 9.88. The average molecular weight is 332 g/mol. The summed E-state index contributed by atoms with van der Waals surface area (Å²) in [7, 11) is 0. The minimum Gasteiger partial charge on any atom is -0.466 e. The molecule has 130 valence electrons. The van der Waals surface area contributed by atoms with E-state index >= 15 is 0 Å². The van der Waals surface area contributed by atoms with Gasteiger partial charge >= 0.3 is 0 Å². The van der Waals surface area contributed by atoms with Crippen LogP contribution in [0.4, 0.5) is 0 Å². The molecule has 24 heavy (non-hydrogen) atoms. The fourth-order valence-corrected chi connectivity index (χ4v) is 2.22. The number of rotatable bonds is 6. The second-order valence-corrected chi connectivity index (χ2v) is 6.82. The Bertz CT molecular complexity index is 647. The Hall–Kier alpha value is -2.41. The highest BCUT2D eigenvalue weighted by atomic mass is 16.5. The van der Waals surface area contributed by atoms with Crippen LogP contribution in [0.1, 0.15) is 45.4 Å². The maximum Gasteiger partial charge on any atom is 0.219 e. The Morgan fingerprint density at radius 1 is 1.25 bits per heavy atom. The van der Waals surface area contributed by atoms with Gasteiger partial charge in [-0.2, -0.15) is 5.10 Å². The lowest BCUT2D eigenvalue weighted by molar-refractivity contribution is -0.0731. The third-order valence-corrected chi connectivity index (χ3v) is 3.81. The van der Waals surface area contributed by atoms with Crippen molar-refractivity contribution < 1.29 is 15.1 Å². The third kappa shape index (κ3) is 4.32. The van der Waals surface area contributed by atoms with E-state index in [-0.39, 0.29) is 11.3 Å². The summed E-state index contributed by atoms with van der Waals surface area (Å²) in [6.07, 6.45) is 2.92. The lowest BCUT2D eigenvalue weighted by Gasteiger charge is -2.32. The van der Waals surface area contributed by atoms with Crippen LogP contribution in [0.25, 0.3) is 0 Å². The molecule has 7 heteroatoms. The summed E-state index contributed by atoms with van der Waals surface area (Å²) in [6.45, 7) is 7.73. The first-order chi connectivity index (χ1) is 11.3. The monoisotopic (exact) mass is 332 g/mol. The van der Waals surface area contributed by atoms with E-state index in [0.717, 1.165) is 5.56 Å². The Labute approximate surface area is 141 Å². The van der Waals surface area contributed by atoms with Crippen molar-refractivity contribution in [3.8, 4) is 5.75 Å². The zero-order chi connectivity index (χ0) is 17.7. The molecule has 1 aromatic carbocycles. The predicted octanol–water partition coefficient (Wildman–Crippen LogP) is 2.83. The Morgan fingerprint density at radius 3 is 2.42 bits per heavy atom. The summed E-state index contributed by atoms with van der Waals surface area (Å²) in [4.78, 5) is 3.93. The van der Waals surface area contributed by atoms with E-state index in [1.165, 1.54) is 23.6 Å². The molecule has 0 aliphatic rings. The molecule has 0 radical (unpaired) electrons. The molecule has 0 fully saturated rings. The highest BCUT2D eigenvalue weighted by molar-refractivity contribution is 5.66. The molecular weight excluding hydrogens is 308 g/mol. The maximum atomic E-state index is 10.6. The molecule has 7 nitrogen and oxygen atoms in total. The van der Waals surface area contributed by atoms with Gasteiger partial charge in [0.1, 0.15) is 24.5 Å². The normalized spacial score (nSPS) is 16.0. The number of aromatic nitrogens is 3. The molecule has 3 atom stereocenters. The van der Waals surface area contributed by atoms with Gasteiger partial charge in [-0.05, 0) is 23.1 Å². The second-order valence-electron chi connectivity index (χ2n) is 6.82. The van der Waals surface area contributed by atoms with Gasteiger partial charge in [0, 0.05) is 5.92 Å². The Morgan fingerprint density at radius 2 is 1.92 bits per heavy atom. The maximum absolute atomic E-state index is 10.6. The summed E-state index contributed by atoms with van der Waals surface area (Å²) < 4.78 is 7.47. The Balaban J connectivity index is 2.21. The van der Waals surface area contributed by atoms with Crippen molar-refractivity contribution in [2.75, 3.05) is 0 Å². The lowest BCUT2D eigenvalue weighted by Crippen LogP contribution is -2.38.